The molecule has 0 unspecified atom stereocenters. The molecule has 3 aromatic rings. The summed E-state index contributed by atoms with van der Waals surface area (Å²) in [6.07, 6.45) is 1.78. The maximum Gasteiger partial charge on any atom is 0.138 e. The van der Waals surface area contributed by atoms with Crippen molar-refractivity contribution in [1.82, 2.24) is 9.38 Å². The Labute approximate surface area is 131 Å². The molecule has 0 spiro atoms. The Balaban J connectivity index is 1.84. The quantitative estimate of drug-likeness (QED) is 0.613. The Kier molecular flexibility index (Phi) is 3.92. The van der Waals surface area contributed by atoms with E-state index in [0.717, 1.165) is 17.1 Å². The third-order valence-corrected chi connectivity index (χ3v) is 4.63. The van der Waals surface area contributed by atoms with E-state index >= 15 is 0 Å². The van der Waals surface area contributed by atoms with Gasteiger partial charge in [-0.2, -0.15) is 0 Å². The van der Waals surface area contributed by atoms with Gasteiger partial charge in [0, 0.05) is 16.8 Å². The summed E-state index contributed by atoms with van der Waals surface area (Å²) in [5.74, 6) is 0.737. The van der Waals surface area contributed by atoms with Crippen LogP contribution < -0.4 is 0 Å². The Morgan fingerprint density at radius 3 is 2.60 bits per heavy atom. The summed E-state index contributed by atoms with van der Waals surface area (Å²) in [6, 6.07) is 12.1. The Morgan fingerprint density at radius 1 is 1.10 bits per heavy atom. The van der Waals surface area contributed by atoms with Gasteiger partial charge in [-0.1, -0.05) is 40.9 Å². The Bertz CT molecular complexity index is 750. The third kappa shape index (κ3) is 2.80. The van der Waals surface area contributed by atoms with Crippen molar-refractivity contribution in [3.8, 4) is 0 Å². The summed E-state index contributed by atoms with van der Waals surface area (Å²) in [7, 11) is 0. The smallest absolute Gasteiger partial charge is 0.138 e. The van der Waals surface area contributed by atoms with E-state index < -0.39 is 0 Å². The van der Waals surface area contributed by atoms with E-state index in [4.69, 9.17) is 23.2 Å². The molecule has 2 heterocycles. The molecule has 2 nitrogen and oxygen atoms in total. The Morgan fingerprint density at radius 2 is 1.85 bits per heavy atom. The summed E-state index contributed by atoms with van der Waals surface area (Å²) < 4.78 is 1.81. The first-order valence-electron chi connectivity index (χ1n) is 6.15. The molecular formula is C15H12Cl2N2S. The number of benzene rings is 1. The van der Waals surface area contributed by atoms with Crippen LogP contribution in [0, 0.1) is 6.92 Å². The van der Waals surface area contributed by atoms with Crippen LogP contribution in [0.4, 0.5) is 0 Å². The number of thioether (sulfide) groups is 1. The van der Waals surface area contributed by atoms with Gasteiger partial charge in [-0.05, 0) is 31.2 Å². The zero-order chi connectivity index (χ0) is 14.1. The predicted molar refractivity (Wildman–Crippen MR) is 86.0 cm³/mol. The lowest BCUT2D eigenvalue weighted by atomic mass is 10.2. The van der Waals surface area contributed by atoms with E-state index in [2.05, 4.69) is 36.2 Å². The van der Waals surface area contributed by atoms with Crippen LogP contribution in [0.2, 0.25) is 10.2 Å². The lowest BCUT2D eigenvalue weighted by Gasteiger charge is -2.00. The van der Waals surface area contributed by atoms with E-state index in [-0.39, 0.29) is 0 Å². The van der Waals surface area contributed by atoms with Crippen LogP contribution >= 0.6 is 35.0 Å². The number of nitrogens with zero attached hydrogens (tertiary/aromatic N) is 2. The number of hydrogen-bond donors (Lipinski definition) is 0. The first-order valence-corrected chi connectivity index (χ1v) is 7.89. The fourth-order valence-electron chi connectivity index (χ4n) is 1.92. The SMILES string of the molecule is Cc1ccc(SCc2nc3ccc(Cl)cn3c2Cl)cc1. The summed E-state index contributed by atoms with van der Waals surface area (Å²) >= 11 is 14.0. The highest BCUT2D eigenvalue weighted by Crippen LogP contribution is 2.28. The highest BCUT2D eigenvalue weighted by atomic mass is 35.5. The maximum absolute atomic E-state index is 6.35. The summed E-state index contributed by atoms with van der Waals surface area (Å²) in [4.78, 5) is 5.75. The molecular weight excluding hydrogens is 311 g/mol. The van der Waals surface area contributed by atoms with E-state index in [0.29, 0.717) is 10.2 Å². The first-order chi connectivity index (χ1) is 9.63. The van der Waals surface area contributed by atoms with Crippen LogP contribution in [0.15, 0.2) is 47.5 Å². The van der Waals surface area contributed by atoms with Crippen LogP contribution in [0.1, 0.15) is 11.3 Å². The molecule has 0 saturated heterocycles. The van der Waals surface area contributed by atoms with Crippen molar-refractivity contribution in [2.45, 2.75) is 17.6 Å². The van der Waals surface area contributed by atoms with E-state index in [1.54, 1.807) is 18.0 Å². The fraction of sp³-hybridized carbons (Fsp3) is 0.133. The average molecular weight is 323 g/mol. The van der Waals surface area contributed by atoms with Crippen molar-refractivity contribution < 1.29 is 0 Å². The molecule has 0 bridgehead atoms. The second-order valence-corrected chi connectivity index (χ2v) is 6.37. The van der Waals surface area contributed by atoms with Crippen LogP contribution in [0.5, 0.6) is 0 Å². The lowest BCUT2D eigenvalue weighted by molar-refractivity contribution is 1.18. The molecule has 2 aromatic heterocycles. The normalized spacial score (nSPS) is 11.2. The van der Waals surface area contributed by atoms with Crippen LogP contribution in [-0.2, 0) is 5.75 Å². The van der Waals surface area contributed by atoms with Crippen LogP contribution in [-0.4, -0.2) is 9.38 Å². The summed E-state index contributed by atoms with van der Waals surface area (Å²) in [5, 5.41) is 1.27. The molecule has 1 aromatic carbocycles. The van der Waals surface area contributed by atoms with Crippen molar-refractivity contribution in [2.75, 3.05) is 0 Å². The lowest BCUT2D eigenvalue weighted by Crippen LogP contribution is -1.84. The van der Waals surface area contributed by atoms with Gasteiger partial charge in [0.1, 0.15) is 10.8 Å². The van der Waals surface area contributed by atoms with Gasteiger partial charge in [-0.15, -0.1) is 11.8 Å². The van der Waals surface area contributed by atoms with Crippen molar-refractivity contribution in [1.29, 1.82) is 0 Å². The molecule has 3 rings (SSSR count). The number of pyridine rings is 1. The molecule has 0 saturated carbocycles. The van der Waals surface area contributed by atoms with Crippen LogP contribution in [0.25, 0.3) is 5.65 Å². The van der Waals surface area contributed by atoms with E-state index in [1.807, 2.05) is 16.5 Å². The molecule has 0 aliphatic rings. The molecule has 0 radical (unpaired) electrons. The minimum absolute atomic E-state index is 0.627. The first kappa shape index (κ1) is 13.8. The number of halogens is 2. The van der Waals surface area contributed by atoms with Crippen molar-refractivity contribution in [3.05, 3.63) is 64.0 Å². The van der Waals surface area contributed by atoms with Gasteiger partial charge >= 0.3 is 0 Å². The van der Waals surface area contributed by atoms with Gasteiger partial charge in [0.25, 0.3) is 0 Å². The van der Waals surface area contributed by atoms with Gasteiger partial charge in [-0.3, -0.25) is 4.40 Å². The molecule has 0 atom stereocenters. The monoisotopic (exact) mass is 322 g/mol. The second-order valence-electron chi connectivity index (χ2n) is 4.53. The second kappa shape index (κ2) is 5.68. The maximum atomic E-state index is 6.35. The Hall–Kier alpha value is -1.16. The van der Waals surface area contributed by atoms with Gasteiger partial charge in [0.05, 0.1) is 10.7 Å². The molecule has 0 fully saturated rings. The van der Waals surface area contributed by atoms with Gasteiger partial charge < -0.3 is 0 Å². The molecule has 102 valence electrons. The average Bonchev–Trinajstić information content (AvgIpc) is 2.75. The highest BCUT2D eigenvalue weighted by Gasteiger charge is 2.10. The molecule has 0 aliphatic carbocycles. The highest BCUT2D eigenvalue weighted by molar-refractivity contribution is 7.98. The van der Waals surface area contributed by atoms with Gasteiger partial charge in [-0.25, -0.2) is 4.98 Å². The van der Waals surface area contributed by atoms with Crippen LogP contribution in [0.3, 0.4) is 0 Å². The number of rotatable bonds is 3. The van der Waals surface area contributed by atoms with Crippen molar-refractivity contribution in [2.24, 2.45) is 0 Å². The largest absolute Gasteiger partial charge is 0.289 e. The van der Waals surface area contributed by atoms with Crippen molar-refractivity contribution in [3.63, 3.8) is 0 Å². The molecule has 0 N–H and O–H groups in total. The zero-order valence-corrected chi connectivity index (χ0v) is 13.1. The third-order valence-electron chi connectivity index (χ3n) is 2.99. The minimum Gasteiger partial charge on any atom is -0.289 e. The van der Waals surface area contributed by atoms with Gasteiger partial charge in [0.15, 0.2) is 0 Å². The fourth-order valence-corrected chi connectivity index (χ4v) is 3.23. The standard InChI is InChI=1S/C15H12Cl2N2S/c1-10-2-5-12(6-3-10)20-9-13-15(17)19-8-11(16)4-7-14(19)18-13/h2-8H,9H2,1H3. The van der Waals surface area contributed by atoms with Gasteiger partial charge in [0.2, 0.25) is 0 Å². The molecule has 5 heteroatoms. The predicted octanol–water partition coefficient (Wildman–Crippen LogP) is 5.24. The number of fused-ring (bicyclic) bond motifs is 1. The minimum atomic E-state index is 0.627. The number of aryl methyl sites for hydroxylation is 1. The van der Waals surface area contributed by atoms with E-state index in [9.17, 15) is 0 Å². The summed E-state index contributed by atoms with van der Waals surface area (Å²) in [6.45, 7) is 2.08. The van der Waals surface area contributed by atoms with E-state index in [1.165, 1.54) is 10.5 Å². The molecule has 0 amide bonds. The van der Waals surface area contributed by atoms with Crippen molar-refractivity contribution >= 4 is 40.6 Å². The topological polar surface area (TPSA) is 17.3 Å². The number of hydrogen-bond acceptors (Lipinski definition) is 2. The molecule has 20 heavy (non-hydrogen) atoms. The molecule has 0 aliphatic heterocycles. The number of aromatic nitrogens is 2. The zero-order valence-electron chi connectivity index (χ0n) is 10.8. The summed E-state index contributed by atoms with van der Waals surface area (Å²) in [5.41, 5.74) is 2.95. The number of imidazole rings is 1.